The van der Waals surface area contributed by atoms with Gasteiger partial charge in [0.2, 0.25) is 41.4 Å². The number of aromatic hydroxyl groups is 1. The molecule has 8 atom stereocenters. The topological polar surface area (TPSA) is 293 Å². The molecule has 5 rings (SSSR count). The van der Waals surface area contributed by atoms with Crippen LogP contribution in [0.2, 0.25) is 0 Å². The third-order valence-electron chi connectivity index (χ3n) is 12.0. The van der Waals surface area contributed by atoms with Gasteiger partial charge >= 0.3 is 5.97 Å². The van der Waals surface area contributed by atoms with Crippen LogP contribution >= 0.6 is 0 Å². The highest BCUT2D eigenvalue weighted by Crippen LogP contribution is 2.31. The minimum atomic E-state index is -1.66. The van der Waals surface area contributed by atoms with Crippen LogP contribution in [0.5, 0.6) is 5.75 Å². The monoisotopic (exact) mass is 856 g/mol. The maximum Gasteiger partial charge on any atom is 0.328 e. The lowest BCUT2D eigenvalue weighted by Gasteiger charge is -2.36. The summed E-state index contributed by atoms with van der Waals surface area (Å²) >= 11 is 0. The summed E-state index contributed by atoms with van der Waals surface area (Å²) in [6.07, 6.45) is 3.78. The number of rotatable bonds is 17. The van der Waals surface area contributed by atoms with Gasteiger partial charge in [0.15, 0.2) is 0 Å². The minimum absolute atomic E-state index is 0.0103. The van der Waals surface area contributed by atoms with E-state index in [1.807, 2.05) is 19.2 Å². The summed E-state index contributed by atoms with van der Waals surface area (Å²) < 4.78 is 0. The molecule has 61 heavy (non-hydrogen) atoms. The number of hydrogen-bond acceptors (Lipinski definition) is 12. The molecule has 4 aliphatic rings. The zero-order valence-electron chi connectivity index (χ0n) is 34.7. The molecule has 0 bridgehead atoms. The molecule has 0 aliphatic carbocycles. The van der Waals surface area contributed by atoms with Crippen molar-refractivity contribution in [2.45, 2.75) is 126 Å². The van der Waals surface area contributed by atoms with Crippen molar-refractivity contribution in [1.82, 2.24) is 35.6 Å². The third kappa shape index (κ3) is 11.1. The molecule has 4 heterocycles. The second kappa shape index (κ2) is 21.0. The van der Waals surface area contributed by atoms with Crippen molar-refractivity contribution in [3.8, 4) is 5.75 Å². The summed E-state index contributed by atoms with van der Waals surface area (Å²) in [6, 6.07) is -2.50. The highest BCUT2D eigenvalue weighted by Gasteiger charge is 2.48. The van der Waals surface area contributed by atoms with Crippen molar-refractivity contribution in [3.05, 3.63) is 29.8 Å². The number of phenols is 1. The summed E-state index contributed by atoms with van der Waals surface area (Å²) in [5, 5.41) is 45.0. The number of carbonyl (C=O) groups is 8. The van der Waals surface area contributed by atoms with E-state index in [2.05, 4.69) is 10.6 Å². The lowest BCUT2D eigenvalue weighted by molar-refractivity contribution is -0.153. The fourth-order valence-electron chi connectivity index (χ4n) is 8.81. The zero-order chi connectivity index (χ0) is 44.5. The minimum Gasteiger partial charge on any atom is -0.508 e. The smallest absolute Gasteiger partial charge is 0.328 e. The number of nitrogens with one attached hydrogen (secondary N) is 3. The first kappa shape index (κ1) is 46.7. The van der Waals surface area contributed by atoms with Gasteiger partial charge in [0, 0.05) is 26.2 Å². The standard InChI is InChI=1S/C41H60N8O12/c1-23(2)19-27(43-34(53)26(42)20-24-11-13-25(52)14-12-24)37(56)47-16-4-8-31(47)39(58)49-18-6-10-33(49)40(59)48-17-5-9-32(48)38(57)46-15-3-7-30(46)36(55)44-28(21-50)35(54)45-29(22-51)41(60)61/h11-14,23,26-33,50-52H,3-10,15-22,42H2,1-2H3,(H,43,53)(H,44,55)(H,45,54)(H,60,61)/t26-,27-,28-,29-,30-,31-,32-,33-/m0/s1. The molecule has 7 amide bonds. The van der Waals surface area contributed by atoms with E-state index >= 15 is 0 Å². The zero-order valence-corrected chi connectivity index (χ0v) is 34.7. The fraction of sp³-hybridized carbons (Fsp3) is 0.659. The van der Waals surface area contributed by atoms with E-state index < -0.39 is 103 Å². The molecule has 20 heteroatoms. The molecular formula is C41H60N8O12. The molecule has 0 radical (unpaired) electrons. The number of aliphatic hydroxyl groups is 2. The number of carboxylic acid groups (broad SMARTS) is 1. The second-order valence-electron chi connectivity index (χ2n) is 16.8. The van der Waals surface area contributed by atoms with E-state index in [0.29, 0.717) is 51.4 Å². The molecule has 9 N–H and O–H groups in total. The van der Waals surface area contributed by atoms with Crippen LogP contribution < -0.4 is 21.7 Å². The van der Waals surface area contributed by atoms with Crippen molar-refractivity contribution in [2.24, 2.45) is 11.7 Å². The van der Waals surface area contributed by atoms with E-state index in [4.69, 9.17) is 10.8 Å². The van der Waals surface area contributed by atoms with Crippen LogP contribution in [0.1, 0.15) is 77.2 Å². The highest BCUT2D eigenvalue weighted by atomic mass is 16.4. The van der Waals surface area contributed by atoms with Gasteiger partial charge in [-0.05, 0) is 87.8 Å². The van der Waals surface area contributed by atoms with Crippen molar-refractivity contribution >= 4 is 47.3 Å². The molecular weight excluding hydrogens is 796 g/mol. The Bertz CT molecular complexity index is 1800. The Morgan fingerprint density at radius 2 is 1.08 bits per heavy atom. The molecule has 0 unspecified atom stereocenters. The molecule has 1 aromatic carbocycles. The Kier molecular flexibility index (Phi) is 16.1. The Labute approximate surface area is 354 Å². The van der Waals surface area contributed by atoms with Crippen molar-refractivity contribution in [2.75, 3.05) is 39.4 Å². The Morgan fingerprint density at radius 1 is 0.639 bits per heavy atom. The highest BCUT2D eigenvalue weighted by molar-refractivity contribution is 5.98. The van der Waals surface area contributed by atoms with Gasteiger partial charge in [-0.3, -0.25) is 33.6 Å². The molecule has 4 fully saturated rings. The van der Waals surface area contributed by atoms with E-state index in [-0.39, 0.29) is 56.6 Å². The number of likely N-dealkylation sites (tertiary alicyclic amines) is 4. The lowest BCUT2D eigenvalue weighted by atomic mass is 10.0. The number of carboxylic acids is 1. The Hall–Kier alpha value is -5.34. The van der Waals surface area contributed by atoms with Gasteiger partial charge in [-0.1, -0.05) is 26.0 Å². The molecule has 20 nitrogen and oxygen atoms in total. The van der Waals surface area contributed by atoms with Crippen molar-refractivity contribution in [1.29, 1.82) is 0 Å². The number of amides is 7. The first-order valence-electron chi connectivity index (χ1n) is 21.2. The van der Waals surface area contributed by atoms with Gasteiger partial charge in [0.25, 0.3) is 0 Å². The maximum absolute atomic E-state index is 14.3. The van der Waals surface area contributed by atoms with Gasteiger partial charge in [-0.25, -0.2) is 4.79 Å². The maximum atomic E-state index is 14.3. The molecule has 4 aliphatic heterocycles. The molecule has 0 spiro atoms. The Morgan fingerprint density at radius 3 is 1.56 bits per heavy atom. The summed E-state index contributed by atoms with van der Waals surface area (Å²) in [5.41, 5.74) is 6.97. The summed E-state index contributed by atoms with van der Waals surface area (Å²) in [5.74, 6) is -5.39. The predicted octanol–water partition coefficient (Wildman–Crippen LogP) is -2.20. The quantitative estimate of drug-likeness (QED) is 0.0827. The lowest BCUT2D eigenvalue weighted by Crippen LogP contribution is -2.59. The Balaban J connectivity index is 1.23. The molecule has 336 valence electrons. The number of aliphatic hydroxyl groups excluding tert-OH is 2. The largest absolute Gasteiger partial charge is 0.508 e. The van der Waals surface area contributed by atoms with Crippen LogP contribution in [-0.2, 0) is 44.8 Å². The molecule has 0 aromatic heterocycles. The predicted molar refractivity (Wildman–Crippen MR) is 216 cm³/mol. The SMILES string of the molecule is CC(C)C[C@H](NC(=O)[C@@H](N)Cc1ccc(O)cc1)C(=O)N1CCC[C@H]1C(=O)N1CCC[C@H]1C(=O)N1CCC[C@H]1C(=O)N1CCC[C@H]1C(=O)N[C@@H](CO)C(=O)N[C@@H](CO)C(=O)O. The number of nitrogens with two attached hydrogens (primary N) is 1. The average Bonchev–Trinajstić information content (AvgIpc) is 4.08. The fourth-order valence-corrected chi connectivity index (χ4v) is 8.81. The van der Waals surface area contributed by atoms with Crippen LogP contribution in [0.4, 0.5) is 0 Å². The van der Waals surface area contributed by atoms with Gasteiger partial charge < -0.3 is 61.7 Å². The number of phenolic OH excluding ortho intramolecular Hbond substituents is 1. The first-order valence-corrected chi connectivity index (χ1v) is 21.2. The number of aliphatic carboxylic acids is 1. The summed E-state index contributed by atoms with van der Waals surface area (Å²) in [4.78, 5) is 113. The van der Waals surface area contributed by atoms with E-state index in [0.717, 1.165) is 5.56 Å². The van der Waals surface area contributed by atoms with Crippen LogP contribution in [0, 0.1) is 5.92 Å². The number of carbonyl (C=O) groups excluding carboxylic acids is 7. The van der Waals surface area contributed by atoms with E-state index in [1.165, 1.54) is 31.7 Å². The van der Waals surface area contributed by atoms with Crippen LogP contribution in [0.25, 0.3) is 0 Å². The number of nitrogens with zero attached hydrogens (tertiary/aromatic N) is 4. The van der Waals surface area contributed by atoms with E-state index in [1.54, 1.807) is 12.1 Å². The summed E-state index contributed by atoms with van der Waals surface area (Å²) in [6.45, 7) is 3.04. The second-order valence-corrected chi connectivity index (χ2v) is 16.8. The number of hydrogen-bond donors (Lipinski definition) is 8. The third-order valence-corrected chi connectivity index (χ3v) is 12.0. The number of benzene rings is 1. The van der Waals surface area contributed by atoms with Gasteiger partial charge in [-0.2, -0.15) is 0 Å². The van der Waals surface area contributed by atoms with Crippen LogP contribution in [0.3, 0.4) is 0 Å². The van der Waals surface area contributed by atoms with E-state index in [9.17, 15) is 53.7 Å². The average molecular weight is 857 g/mol. The molecule has 4 saturated heterocycles. The van der Waals surface area contributed by atoms with Gasteiger partial charge in [0.05, 0.1) is 19.3 Å². The molecule has 0 saturated carbocycles. The van der Waals surface area contributed by atoms with Crippen LogP contribution in [-0.4, -0.2) is 175 Å². The normalized spacial score (nSPS) is 23.4. The molecule has 1 aromatic rings. The van der Waals surface area contributed by atoms with Crippen LogP contribution in [0.15, 0.2) is 24.3 Å². The first-order chi connectivity index (χ1) is 29.1. The van der Waals surface area contributed by atoms with Crippen molar-refractivity contribution < 1.29 is 58.8 Å². The van der Waals surface area contributed by atoms with Gasteiger partial charge in [-0.15, -0.1) is 0 Å². The summed E-state index contributed by atoms with van der Waals surface area (Å²) in [7, 11) is 0. The van der Waals surface area contributed by atoms with Crippen molar-refractivity contribution in [3.63, 3.8) is 0 Å². The van der Waals surface area contributed by atoms with Gasteiger partial charge in [0.1, 0.15) is 48.0 Å².